The molecule has 1 rings (SSSR count). The molecule has 1 aromatic heterocycles. The first-order chi connectivity index (χ1) is 5.76. The highest BCUT2D eigenvalue weighted by Crippen LogP contribution is 2.00. The summed E-state index contributed by atoms with van der Waals surface area (Å²) in [5.41, 5.74) is 5.50. The molecule has 4 nitrogen and oxygen atoms in total. The first-order valence-electron chi connectivity index (χ1n) is 4.25. The summed E-state index contributed by atoms with van der Waals surface area (Å²) < 4.78 is 0. The van der Waals surface area contributed by atoms with E-state index in [0.717, 1.165) is 30.9 Å². The highest BCUT2D eigenvalue weighted by molar-refractivity contribution is 5.15. The van der Waals surface area contributed by atoms with E-state index in [9.17, 15) is 0 Å². The van der Waals surface area contributed by atoms with Crippen LogP contribution in [0.5, 0.6) is 0 Å². The highest BCUT2D eigenvalue weighted by atomic mass is 15.1. The van der Waals surface area contributed by atoms with Gasteiger partial charge in [-0.3, -0.25) is 0 Å². The number of anilines is 1. The fourth-order valence-corrected chi connectivity index (χ4v) is 0.982. The molecule has 0 aliphatic carbocycles. The van der Waals surface area contributed by atoms with Crippen LogP contribution in [-0.2, 0) is 12.8 Å². The molecule has 0 aromatic carbocycles. The lowest BCUT2D eigenvalue weighted by Crippen LogP contribution is -2.06. The number of rotatable bonds is 3. The third kappa shape index (κ3) is 2.15. The monoisotopic (exact) mass is 166 g/mol. The molecule has 12 heavy (non-hydrogen) atoms. The number of nitrogens with zero attached hydrogens (tertiary/aromatic N) is 3. The molecule has 1 heterocycles. The van der Waals surface area contributed by atoms with Crippen molar-refractivity contribution in [2.45, 2.75) is 33.1 Å². The minimum absolute atomic E-state index is 0.338. The van der Waals surface area contributed by atoms with Crippen LogP contribution in [0.4, 0.5) is 5.95 Å². The van der Waals surface area contributed by atoms with Gasteiger partial charge in [-0.05, 0) is 6.42 Å². The quantitative estimate of drug-likeness (QED) is 0.726. The largest absolute Gasteiger partial charge is 0.368 e. The number of hydrogen-bond acceptors (Lipinski definition) is 4. The summed E-state index contributed by atoms with van der Waals surface area (Å²) in [6, 6.07) is 0. The van der Waals surface area contributed by atoms with E-state index < -0.39 is 0 Å². The third-order valence-corrected chi connectivity index (χ3v) is 1.54. The van der Waals surface area contributed by atoms with Crippen molar-refractivity contribution in [3.05, 3.63) is 11.6 Å². The van der Waals surface area contributed by atoms with Crippen LogP contribution in [-0.4, -0.2) is 15.0 Å². The van der Waals surface area contributed by atoms with E-state index in [-0.39, 0.29) is 0 Å². The van der Waals surface area contributed by atoms with Gasteiger partial charge in [-0.2, -0.15) is 9.97 Å². The van der Waals surface area contributed by atoms with Gasteiger partial charge in [0, 0.05) is 12.8 Å². The molecular formula is C8H14N4. The van der Waals surface area contributed by atoms with Crippen LogP contribution < -0.4 is 5.73 Å². The Hall–Kier alpha value is -1.19. The topological polar surface area (TPSA) is 64.7 Å². The van der Waals surface area contributed by atoms with Gasteiger partial charge in [-0.1, -0.05) is 13.8 Å². The Morgan fingerprint density at radius 3 is 2.33 bits per heavy atom. The molecule has 0 bridgehead atoms. The zero-order chi connectivity index (χ0) is 8.97. The van der Waals surface area contributed by atoms with Gasteiger partial charge in [-0.15, -0.1) is 0 Å². The zero-order valence-electron chi connectivity index (χ0n) is 7.54. The first kappa shape index (κ1) is 8.90. The molecule has 0 aliphatic rings. The molecule has 0 amide bonds. The molecule has 0 atom stereocenters. The van der Waals surface area contributed by atoms with E-state index in [1.165, 1.54) is 0 Å². The molecule has 0 spiro atoms. The lowest BCUT2D eigenvalue weighted by molar-refractivity contribution is 0.786. The van der Waals surface area contributed by atoms with Gasteiger partial charge >= 0.3 is 0 Å². The van der Waals surface area contributed by atoms with Crippen LogP contribution in [0.25, 0.3) is 0 Å². The van der Waals surface area contributed by atoms with Crippen molar-refractivity contribution in [3.63, 3.8) is 0 Å². The first-order valence-corrected chi connectivity index (χ1v) is 4.25. The average molecular weight is 166 g/mol. The smallest absolute Gasteiger partial charge is 0.223 e. The summed E-state index contributed by atoms with van der Waals surface area (Å²) in [6.45, 7) is 4.09. The van der Waals surface area contributed by atoms with E-state index in [0.29, 0.717) is 5.95 Å². The molecule has 0 radical (unpaired) electrons. The van der Waals surface area contributed by atoms with Gasteiger partial charge in [0.2, 0.25) is 5.95 Å². The van der Waals surface area contributed by atoms with Crippen molar-refractivity contribution in [1.82, 2.24) is 15.0 Å². The molecule has 0 saturated heterocycles. The number of aryl methyl sites for hydroxylation is 2. The van der Waals surface area contributed by atoms with Crippen molar-refractivity contribution >= 4 is 5.95 Å². The van der Waals surface area contributed by atoms with Gasteiger partial charge < -0.3 is 5.73 Å². The van der Waals surface area contributed by atoms with Crippen molar-refractivity contribution in [3.8, 4) is 0 Å². The van der Waals surface area contributed by atoms with E-state index in [1.54, 1.807) is 0 Å². The second-order valence-corrected chi connectivity index (χ2v) is 2.63. The van der Waals surface area contributed by atoms with Gasteiger partial charge in [-0.25, -0.2) is 4.98 Å². The van der Waals surface area contributed by atoms with Crippen molar-refractivity contribution in [1.29, 1.82) is 0 Å². The number of nitrogen functional groups attached to an aromatic ring is 1. The minimum Gasteiger partial charge on any atom is -0.368 e. The molecule has 0 fully saturated rings. The molecule has 2 N–H and O–H groups in total. The predicted octanol–water partition coefficient (Wildman–Crippen LogP) is 0.969. The molecule has 66 valence electrons. The van der Waals surface area contributed by atoms with Crippen LogP contribution >= 0.6 is 0 Å². The third-order valence-electron chi connectivity index (χ3n) is 1.54. The summed E-state index contributed by atoms with van der Waals surface area (Å²) in [7, 11) is 0. The molecular weight excluding hydrogens is 152 g/mol. The second-order valence-electron chi connectivity index (χ2n) is 2.63. The van der Waals surface area contributed by atoms with Gasteiger partial charge in [0.25, 0.3) is 0 Å². The van der Waals surface area contributed by atoms with Crippen LogP contribution in [0.2, 0.25) is 0 Å². The average Bonchev–Trinajstić information content (AvgIpc) is 2.04. The Balaban J connectivity index is 2.90. The van der Waals surface area contributed by atoms with Gasteiger partial charge in [0.05, 0.1) is 0 Å². The van der Waals surface area contributed by atoms with Crippen LogP contribution in [0.3, 0.4) is 0 Å². The van der Waals surface area contributed by atoms with Gasteiger partial charge in [0.15, 0.2) is 0 Å². The normalized spacial score (nSPS) is 10.2. The molecule has 1 aromatic rings. The summed E-state index contributed by atoms with van der Waals surface area (Å²) in [6.07, 6.45) is 2.72. The van der Waals surface area contributed by atoms with Crippen LogP contribution in [0.1, 0.15) is 31.9 Å². The number of aromatic nitrogens is 3. The summed E-state index contributed by atoms with van der Waals surface area (Å²) in [5, 5.41) is 0. The van der Waals surface area contributed by atoms with Gasteiger partial charge in [0.1, 0.15) is 11.6 Å². The zero-order valence-corrected chi connectivity index (χ0v) is 7.54. The second kappa shape index (κ2) is 3.99. The van der Waals surface area contributed by atoms with Crippen LogP contribution in [0.15, 0.2) is 0 Å². The maximum absolute atomic E-state index is 5.50. The Kier molecular flexibility index (Phi) is 2.96. The summed E-state index contributed by atoms with van der Waals surface area (Å²) in [4.78, 5) is 12.3. The molecule has 0 saturated carbocycles. The number of hydrogen-bond donors (Lipinski definition) is 1. The predicted molar refractivity (Wildman–Crippen MR) is 47.6 cm³/mol. The SMILES string of the molecule is CCCc1nc(N)nc(CC)n1. The maximum atomic E-state index is 5.50. The van der Waals surface area contributed by atoms with E-state index in [1.807, 2.05) is 6.92 Å². The van der Waals surface area contributed by atoms with Crippen molar-refractivity contribution < 1.29 is 0 Å². The number of nitrogens with two attached hydrogens (primary N) is 1. The molecule has 0 aliphatic heterocycles. The minimum atomic E-state index is 0.338. The Morgan fingerprint density at radius 1 is 1.08 bits per heavy atom. The van der Waals surface area contributed by atoms with Crippen LogP contribution in [0, 0.1) is 0 Å². The maximum Gasteiger partial charge on any atom is 0.223 e. The highest BCUT2D eigenvalue weighted by Gasteiger charge is 2.00. The molecule has 0 unspecified atom stereocenters. The Morgan fingerprint density at radius 2 is 1.75 bits per heavy atom. The summed E-state index contributed by atoms with van der Waals surface area (Å²) >= 11 is 0. The lowest BCUT2D eigenvalue weighted by Gasteiger charge is -2.00. The lowest BCUT2D eigenvalue weighted by atomic mass is 10.3. The van der Waals surface area contributed by atoms with Crippen molar-refractivity contribution in [2.75, 3.05) is 5.73 Å². The van der Waals surface area contributed by atoms with E-state index >= 15 is 0 Å². The fraction of sp³-hybridized carbons (Fsp3) is 0.625. The fourth-order valence-electron chi connectivity index (χ4n) is 0.982. The molecule has 4 heteroatoms. The Labute approximate surface area is 72.3 Å². The van der Waals surface area contributed by atoms with E-state index in [2.05, 4.69) is 21.9 Å². The summed E-state index contributed by atoms with van der Waals surface area (Å²) in [5.74, 6) is 1.93. The van der Waals surface area contributed by atoms with Crippen molar-refractivity contribution in [2.24, 2.45) is 0 Å². The Bertz CT molecular complexity index is 259. The van der Waals surface area contributed by atoms with E-state index in [4.69, 9.17) is 5.73 Å². The standard InChI is InChI=1S/C8H14N4/c1-3-5-7-10-6(4-2)11-8(9)12-7/h3-5H2,1-2H3,(H2,9,10,11,12).